The van der Waals surface area contributed by atoms with Crippen LogP contribution in [0.25, 0.3) is 0 Å². The normalized spacial score (nSPS) is 12.7. The third kappa shape index (κ3) is 5.57. The van der Waals surface area contributed by atoms with Gasteiger partial charge in [0.25, 0.3) is 0 Å². The molecule has 0 amide bonds. The van der Waals surface area contributed by atoms with Gasteiger partial charge in [0.1, 0.15) is 11.6 Å². The SMILES string of the molecule is COc1ccc(F)cc1CCN(C)CCC(C)CN. The van der Waals surface area contributed by atoms with Gasteiger partial charge in [-0.05, 0) is 62.7 Å². The molecular weight excluding hydrogens is 243 g/mol. The average Bonchev–Trinajstić information content (AvgIpc) is 2.42. The van der Waals surface area contributed by atoms with Crippen LogP contribution in [-0.4, -0.2) is 38.7 Å². The van der Waals surface area contributed by atoms with Crippen molar-refractivity contribution in [1.29, 1.82) is 0 Å². The second kappa shape index (κ2) is 8.12. The number of hydrogen-bond donors (Lipinski definition) is 1. The molecule has 0 spiro atoms. The molecule has 0 aliphatic heterocycles. The Morgan fingerprint density at radius 1 is 1.37 bits per heavy atom. The minimum atomic E-state index is -0.213. The molecule has 0 aliphatic rings. The quantitative estimate of drug-likeness (QED) is 0.786. The summed E-state index contributed by atoms with van der Waals surface area (Å²) in [4.78, 5) is 2.25. The minimum absolute atomic E-state index is 0.213. The zero-order valence-corrected chi connectivity index (χ0v) is 12.2. The second-order valence-corrected chi connectivity index (χ2v) is 5.14. The maximum Gasteiger partial charge on any atom is 0.123 e. The van der Waals surface area contributed by atoms with E-state index in [1.807, 2.05) is 0 Å². The Labute approximate surface area is 115 Å². The van der Waals surface area contributed by atoms with Crippen LogP contribution < -0.4 is 10.5 Å². The maximum atomic E-state index is 13.2. The van der Waals surface area contributed by atoms with E-state index >= 15 is 0 Å². The Kier molecular flexibility index (Phi) is 6.81. The first-order valence-electron chi connectivity index (χ1n) is 6.77. The summed E-state index contributed by atoms with van der Waals surface area (Å²) in [6.45, 7) is 4.78. The largest absolute Gasteiger partial charge is 0.496 e. The number of nitrogens with zero attached hydrogens (tertiary/aromatic N) is 1. The summed E-state index contributed by atoms with van der Waals surface area (Å²) in [5.74, 6) is 1.09. The predicted molar refractivity (Wildman–Crippen MR) is 77.0 cm³/mol. The summed E-state index contributed by atoms with van der Waals surface area (Å²) >= 11 is 0. The van der Waals surface area contributed by atoms with Crippen LogP contribution in [0.2, 0.25) is 0 Å². The van der Waals surface area contributed by atoms with Crippen molar-refractivity contribution in [3.63, 3.8) is 0 Å². The van der Waals surface area contributed by atoms with E-state index in [2.05, 4.69) is 18.9 Å². The first-order chi connectivity index (χ1) is 9.06. The summed E-state index contributed by atoms with van der Waals surface area (Å²) in [6.07, 6.45) is 1.88. The van der Waals surface area contributed by atoms with Crippen molar-refractivity contribution in [1.82, 2.24) is 4.90 Å². The highest BCUT2D eigenvalue weighted by molar-refractivity contribution is 5.34. The summed E-state index contributed by atoms with van der Waals surface area (Å²) in [5, 5.41) is 0. The monoisotopic (exact) mass is 268 g/mol. The van der Waals surface area contributed by atoms with Gasteiger partial charge in [-0.15, -0.1) is 0 Å². The van der Waals surface area contributed by atoms with Crippen LogP contribution in [-0.2, 0) is 6.42 Å². The van der Waals surface area contributed by atoms with Gasteiger partial charge in [-0.2, -0.15) is 0 Å². The summed E-state index contributed by atoms with van der Waals surface area (Å²) in [5.41, 5.74) is 6.52. The number of nitrogens with two attached hydrogens (primary N) is 1. The van der Waals surface area contributed by atoms with E-state index in [0.29, 0.717) is 5.92 Å². The van der Waals surface area contributed by atoms with E-state index in [1.54, 1.807) is 19.2 Å². The molecule has 0 fully saturated rings. The lowest BCUT2D eigenvalue weighted by Crippen LogP contribution is -2.25. The smallest absolute Gasteiger partial charge is 0.123 e. The molecule has 1 unspecified atom stereocenters. The Morgan fingerprint density at radius 3 is 2.74 bits per heavy atom. The predicted octanol–water partition coefficient (Wildman–Crippen LogP) is 2.29. The summed E-state index contributed by atoms with van der Waals surface area (Å²) in [7, 11) is 3.69. The molecule has 1 atom stereocenters. The van der Waals surface area contributed by atoms with Gasteiger partial charge in [-0.3, -0.25) is 0 Å². The molecule has 0 saturated heterocycles. The van der Waals surface area contributed by atoms with Gasteiger partial charge >= 0.3 is 0 Å². The molecule has 4 heteroatoms. The van der Waals surface area contributed by atoms with E-state index in [9.17, 15) is 4.39 Å². The Bertz CT molecular complexity index is 384. The van der Waals surface area contributed by atoms with Crippen molar-refractivity contribution in [2.24, 2.45) is 11.7 Å². The van der Waals surface area contributed by atoms with E-state index < -0.39 is 0 Å². The molecule has 1 aromatic rings. The third-order valence-electron chi connectivity index (χ3n) is 3.41. The molecule has 0 radical (unpaired) electrons. The fourth-order valence-corrected chi connectivity index (χ4v) is 1.92. The lowest BCUT2D eigenvalue weighted by atomic mass is 10.1. The average molecular weight is 268 g/mol. The molecule has 2 N–H and O–H groups in total. The van der Waals surface area contributed by atoms with Crippen molar-refractivity contribution in [2.75, 3.05) is 33.8 Å². The van der Waals surface area contributed by atoms with Crippen LogP contribution in [0.1, 0.15) is 18.9 Å². The van der Waals surface area contributed by atoms with E-state index in [0.717, 1.165) is 43.8 Å². The molecule has 0 aliphatic carbocycles. The zero-order valence-electron chi connectivity index (χ0n) is 12.2. The van der Waals surface area contributed by atoms with Crippen LogP contribution in [0.3, 0.4) is 0 Å². The molecule has 1 aromatic carbocycles. The number of likely N-dealkylation sites (N-methyl/N-ethyl adjacent to an activating group) is 1. The number of rotatable bonds is 8. The molecule has 0 aromatic heterocycles. The van der Waals surface area contributed by atoms with Crippen molar-refractivity contribution >= 4 is 0 Å². The van der Waals surface area contributed by atoms with Gasteiger partial charge in [-0.1, -0.05) is 6.92 Å². The standard InChI is InChI=1S/C15H25FN2O/c1-12(11-17)6-8-18(2)9-7-13-10-14(16)4-5-15(13)19-3/h4-5,10,12H,6-9,11,17H2,1-3H3. The first kappa shape index (κ1) is 15.9. The number of hydrogen-bond acceptors (Lipinski definition) is 3. The Hall–Kier alpha value is -1.13. The lowest BCUT2D eigenvalue weighted by molar-refractivity contribution is 0.308. The highest BCUT2D eigenvalue weighted by Crippen LogP contribution is 2.20. The van der Waals surface area contributed by atoms with Gasteiger partial charge in [0.15, 0.2) is 0 Å². The minimum Gasteiger partial charge on any atom is -0.496 e. The van der Waals surface area contributed by atoms with E-state index in [-0.39, 0.29) is 5.82 Å². The van der Waals surface area contributed by atoms with Gasteiger partial charge in [0.05, 0.1) is 7.11 Å². The molecule has 0 bridgehead atoms. The molecule has 0 heterocycles. The van der Waals surface area contributed by atoms with Crippen molar-refractivity contribution in [3.05, 3.63) is 29.6 Å². The zero-order chi connectivity index (χ0) is 14.3. The Morgan fingerprint density at radius 2 is 2.11 bits per heavy atom. The molecule has 0 saturated carbocycles. The maximum absolute atomic E-state index is 13.2. The fourth-order valence-electron chi connectivity index (χ4n) is 1.92. The van der Waals surface area contributed by atoms with Crippen LogP contribution in [0.4, 0.5) is 4.39 Å². The van der Waals surface area contributed by atoms with Crippen molar-refractivity contribution in [3.8, 4) is 5.75 Å². The van der Waals surface area contributed by atoms with Crippen molar-refractivity contribution < 1.29 is 9.13 Å². The van der Waals surface area contributed by atoms with Gasteiger partial charge < -0.3 is 15.4 Å². The topological polar surface area (TPSA) is 38.5 Å². The molecule has 19 heavy (non-hydrogen) atoms. The highest BCUT2D eigenvalue weighted by atomic mass is 19.1. The highest BCUT2D eigenvalue weighted by Gasteiger charge is 2.07. The first-order valence-corrected chi connectivity index (χ1v) is 6.77. The van der Waals surface area contributed by atoms with Crippen LogP contribution in [0, 0.1) is 11.7 Å². The number of benzene rings is 1. The Balaban J connectivity index is 2.45. The number of methoxy groups -OCH3 is 1. The molecule has 3 nitrogen and oxygen atoms in total. The van der Waals surface area contributed by atoms with Crippen LogP contribution in [0.15, 0.2) is 18.2 Å². The molecular formula is C15H25FN2O. The summed E-state index contributed by atoms with van der Waals surface area (Å²) < 4.78 is 18.5. The van der Waals surface area contributed by atoms with Gasteiger partial charge in [0, 0.05) is 6.54 Å². The van der Waals surface area contributed by atoms with Crippen LogP contribution >= 0.6 is 0 Å². The van der Waals surface area contributed by atoms with Crippen LogP contribution in [0.5, 0.6) is 5.75 Å². The lowest BCUT2D eigenvalue weighted by Gasteiger charge is -2.19. The van der Waals surface area contributed by atoms with Gasteiger partial charge in [-0.25, -0.2) is 4.39 Å². The molecule has 108 valence electrons. The van der Waals surface area contributed by atoms with Gasteiger partial charge in [0.2, 0.25) is 0 Å². The number of halogens is 1. The third-order valence-corrected chi connectivity index (χ3v) is 3.41. The molecule has 1 rings (SSSR count). The van der Waals surface area contributed by atoms with Crippen molar-refractivity contribution in [2.45, 2.75) is 19.8 Å². The summed E-state index contributed by atoms with van der Waals surface area (Å²) in [6, 6.07) is 4.66. The number of ether oxygens (including phenoxy) is 1. The van der Waals surface area contributed by atoms with E-state index in [4.69, 9.17) is 10.5 Å². The second-order valence-electron chi connectivity index (χ2n) is 5.14. The van der Waals surface area contributed by atoms with E-state index in [1.165, 1.54) is 6.07 Å². The fraction of sp³-hybridized carbons (Fsp3) is 0.600.